The highest BCUT2D eigenvalue weighted by molar-refractivity contribution is 9.10. The van der Waals surface area contributed by atoms with Crippen molar-refractivity contribution in [2.75, 3.05) is 0 Å². The third kappa shape index (κ3) is 4.77. The van der Waals surface area contributed by atoms with Crippen molar-refractivity contribution in [2.24, 2.45) is 10.2 Å². The summed E-state index contributed by atoms with van der Waals surface area (Å²) in [7, 11) is 0. The average molecular weight is 484 g/mol. The summed E-state index contributed by atoms with van der Waals surface area (Å²) in [6.45, 7) is 0.225. The van der Waals surface area contributed by atoms with Crippen LogP contribution in [0.4, 0.5) is 4.39 Å². The normalized spacial score (nSPS) is 17.0. The molecule has 1 aromatic heterocycles. The molecule has 150 valence electrons. The fraction of sp³-hybridized carbons (Fsp3) is 0.0455. The first-order chi connectivity index (χ1) is 14.6. The highest BCUT2D eigenvalue weighted by Crippen LogP contribution is 2.34. The zero-order valence-corrected chi connectivity index (χ0v) is 17.9. The number of benzene rings is 2. The maximum atomic E-state index is 13.8. The van der Waals surface area contributed by atoms with Crippen molar-refractivity contribution in [3.63, 3.8) is 0 Å². The van der Waals surface area contributed by atoms with Crippen molar-refractivity contribution in [1.82, 2.24) is 4.90 Å². The first kappa shape index (κ1) is 20.3. The van der Waals surface area contributed by atoms with Gasteiger partial charge in [-0.05, 0) is 53.7 Å². The van der Waals surface area contributed by atoms with Gasteiger partial charge in [0.2, 0.25) is 0 Å². The maximum Gasteiger partial charge on any atom is 0.267 e. The standard InChI is InChI=1S/C22H15BrFN3O2S/c23-17-7-3-5-15(11-17)12-20-21(28)27(14-18-8-4-10-29-18)22(30-20)26-25-13-16-6-1-2-9-19(16)24/h1-13H,14H2/b20-12-,25-13+,26-22-. The smallest absolute Gasteiger partial charge is 0.267 e. The molecule has 0 spiro atoms. The lowest BCUT2D eigenvalue weighted by molar-refractivity contribution is -0.122. The quantitative estimate of drug-likeness (QED) is 0.266. The summed E-state index contributed by atoms with van der Waals surface area (Å²) in [5.41, 5.74) is 1.20. The van der Waals surface area contributed by atoms with E-state index in [1.54, 1.807) is 42.7 Å². The topological polar surface area (TPSA) is 58.2 Å². The van der Waals surface area contributed by atoms with Gasteiger partial charge in [-0.3, -0.25) is 9.69 Å². The van der Waals surface area contributed by atoms with Crippen molar-refractivity contribution in [3.05, 3.63) is 99.0 Å². The number of rotatable bonds is 5. The number of carbonyl (C=O) groups is 1. The van der Waals surface area contributed by atoms with Gasteiger partial charge in [-0.15, -0.1) is 5.10 Å². The van der Waals surface area contributed by atoms with E-state index in [9.17, 15) is 9.18 Å². The Labute approximate surface area is 185 Å². The molecule has 0 radical (unpaired) electrons. The van der Waals surface area contributed by atoms with E-state index in [2.05, 4.69) is 26.1 Å². The number of hydrogen-bond donors (Lipinski definition) is 0. The minimum atomic E-state index is -0.390. The highest BCUT2D eigenvalue weighted by Gasteiger charge is 2.34. The van der Waals surface area contributed by atoms with Crippen molar-refractivity contribution < 1.29 is 13.6 Å². The molecule has 5 nitrogen and oxygen atoms in total. The van der Waals surface area contributed by atoms with Crippen LogP contribution < -0.4 is 0 Å². The van der Waals surface area contributed by atoms with Gasteiger partial charge in [0.15, 0.2) is 5.17 Å². The largest absolute Gasteiger partial charge is 0.467 e. The van der Waals surface area contributed by atoms with Gasteiger partial charge in [-0.2, -0.15) is 5.10 Å². The van der Waals surface area contributed by atoms with E-state index >= 15 is 0 Å². The highest BCUT2D eigenvalue weighted by atomic mass is 79.9. The predicted molar refractivity (Wildman–Crippen MR) is 120 cm³/mol. The van der Waals surface area contributed by atoms with Crippen LogP contribution in [0.15, 0.2) is 90.9 Å². The monoisotopic (exact) mass is 483 g/mol. The Morgan fingerprint density at radius 2 is 2.00 bits per heavy atom. The van der Waals surface area contributed by atoms with Gasteiger partial charge < -0.3 is 4.42 Å². The summed E-state index contributed by atoms with van der Waals surface area (Å²) in [5, 5.41) is 8.57. The van der Waals surface area contributed by atoms with Gasteiger partial charge in [0.05, 0.1) is 23.9 Å². The summed E-state index contributed by atoms with van der Waals surface area (Å²) < 4.78 is 20.1. The molecule has 1 saturated heterocycles. The third-order valence-corrected chi connectivity index (χ3v) is 5.66. The van der Waals surface area contributed by atoms with Gasteiger partial charge in [0.25, 0.3) is 5.91 Å². The van der Waals surface area contributed by atoms with Crippen LogP contribution in [0.25, 0.3) is 6.08 Å². The summed E-state index contributed by atoms with van der Waals surface area (Å²) >= 11 is 4.65. The second kappa shape index (κ2) is 9.23. The van der Waals surface area contributed by atoms with Crippen LogP contribution in [-0.2, 0) is 11.3 Å². The molecule has 4 rings (SSSR count). The van der Waals surface area contributed by atoms with E-state index in [1.165, 1.54) is 28.9 Å². The minimum Gasteiger partial charge on any atom is -0.467 e. The van der Waals surface area contributed by atoms with Gasteiger partial charge in [-0.25, -0.2) is 4.39 Å². The zero-order chi connectivity index (χ0) is 20.9. The molecule has 2 heterocycles. The van der Waals surface area contributed by atoms with Crippen molar-refractivity contribution in [2.45, 2.75) is 6.54 Å². The summed E-state index contributed by atoms with van der Waals surface area (Å²) in [6, 6.07) is 17.5. The van der Waals surface area contributed by atoms with Crippen molar-refractivity contribution in [3.8, 4) is 0 Å². The minimum absolute atomic E-state index is 0.198. The Hall–Kier alpha value is -2.97. The molecule has 0 bridgehead atoms. The van der Waals surface area contributed by atoms with E-state index in [0.29, 0.717) is 21.4 Å². The SMILES string of the molecule is O=C1/C(=C/c2cccc(Br)c2)S/C(=N\N=C\c2ccccc2F)N1Cc1ccco1. The fourth-order valence-electron chi connectivity index (χ4n) is 2.75. The zero-order valence-electron chi connectivity index (χ0n) is 15.5. The van der Waals surface area contributed by atoms with Gasteiger partial charge in [0, 0.05) is 10.0 Å². The predicted octanol–water partition coefficient (Wildman–Crippen LogP) is 5.69. The van der Waals surface area contributed by atoms with E-state index < -0.39 is 0 Å². The lowest BCUT2D eigenvalue weighted by Gasteiger charge is -2.12. The number of nitrogens with zero attached hydrogens (tertiary/aromatic N) is 3. The molecular weight excluding hydrogens is 469 g/mol. The molecule has 0 aliphatic carbocycles. The van der Waals surface area contributed by atoms with E-state index in [4.69, 9.17) is 4.42 Å². The summed E-state index contributed by atoms with van der Waals surface area (Å²) in [5.74, 6) is 0.0361. The molecule has 1 aliphatic heterocycles. The number of amides is 1. The number of thioether (sulfide) groups is 1. The average Bonchev–Trinajstić information content (AvgIpc) is 3.34. The van der Waals surface area contributed by atoms with E-state index in [1.807, 2.05) is 24.3 Å². The Bertz CT molecular complexity index is 1160. The van der Waals surface area contributed by atoms with E-state index in [-0.39, 0.29) is 18.3 Å². The summed E-state index contributed by atoms with van der Waals surface area (Å²) in [4.78, 5) is 15.0. The van der Waals surface area contributed by atoms with Crippen LogP contribution in [-0.4, -0.2) is 22.2 Å². The summed E-state index contributed by atoms with van der Waals surface area (Å²) in [6.07, 6.45) is 4.68. The number of amidine groups is 1. The second-order valence-electron chi connectivity index (χ2n) is 6.28. The molecule has 8 heteroatoms. The Balaban J connectivity index is 1.64. The van der Waals surface area contributed by atoms with Crippen LogP contribution in [0.3, 0.4) is 0 Å². The Morgan fingerprint density at radius 3 is 2.77 bits per heavy atom. The Kier molecular flexibility index (Phi) is 6.25. The molecule has 30 heavy (non-hydrogen) atoms. The number of furan rings is 1. The molecule has 1 aliphatic rings. The molecule has 0 saturated carbocycles. The molecule has 3 aromatic rings. The van der Waals surface area contributed by atoms with Crippen LogP contribution in [0.1, 0.15) is 16.9 Å². The Morgan fingerprint density at radius 1 is 1.13 bits per heavy atom. The molecule has 0 unspecified atom stereocenters. The van der Waals surface area contributed by atoms with Gasteiger partial charge in [-0.1, -0.05) is 46.3 Å². The number of carbonyl (C=O) groups excluding carboxylic acids is 1. The molecule has 1 amide bonds. The van der Waals surface area contributed by atoms with Gasteiger partial charge in [0.1, 0.15) is 11.6 Å². The van der Waals surface area contributed by atoms with E-state index in [0.717, 1.165) is 10.0 Å². The maximum absolute atomic E-state index is 13.8. The fourth-order valence-corrected chi connectivity index (χ4v) is 4.10. The number of halogens is 2. The second-order valence-corrected chi connectivity index (χ2v) is 8.21. The van der Waals surface area contributed by atoms with Crippen LogP contribution >= 0.6 is 27.7 Å². The first-order valence-corrected chi connectivity index (χ1v) is 10.6. The molecule has 0 atom stereocenters. The molecule has 1 fully saturated rings. The van der Waals surface area contributed by atoms with Crippen LogP contribution in [0, 0.1) is 5.82 Å². The first-order valence-electron chi connectivity index (χ1n) is 8.95. The van der Waals surface area contributed by atoms with Crippen molar-refractivity contribution >= 4 is 51.1 Å². The lowest BCUT2D eigenvalue weighted by atomic mass is 10.2. The molecule has 0 N–H and O–H groups in total. The molecule has 2 aromatic carbocycles. The molecular formula is C22H15BrFN3O2S. The third-order valence-electron chi connectivity index (χ3n) is 4.17. The van der Waals surface area contributed by atoms with Gasteiger partial charge >= 0.3 is 0 Å². The van der Waals surface area contributed by atoms with Crippen LogP contribution in [0.5, 0.6) is 0 Å². The van der Waals surface area contributed by atoms with Crippen molar-refractivity contribution in [1.29, 1.82) is 0 Å². The lowest BCUT2D eigenvalue weighted by Crippen LogP contribution is -2.28. The van der Waals surface area contributed by atoms with Crippen LogP contribution in [0.2, 0.25) is 0 Å². The number of hydrogen-bond acceptors (Lipinski definition) is 5.